The minimum absolute atomic E-state index is 0.0438. The minimum Gasteiger partial charge on any atom is -0.487 e. The molecule has 7 rings (SSSR count). The van der Waals surface area contributed by atoms with Gasteiger partial charge in [-0.25, -0.2) is 14.4 Å². The molecule has 0 spiro atoms. The molecule has 11 nitrogen and oxygen atoms in total. The molecule has 2 N–H and O–H groups in total. The number of pyridine rings is 3. The molecule has 0 radical (unpaired) electrons. The second-order valence-corrected chi connectivity index (χ2v) is 12.0. The predicted molar refractivity (Wildman–Crippen MR) is 175 cm³/mol. The van der Waals surface area contributed by atoms with Crippen LogP contribution < -0.4 is 30.4 Å². The average molecular weight is 628 g/mol. The molecule has 3 aliphatic heterocycles. The fraction of sp³-hybridized carbons (Fsp3) is 0.382. The Bertz CT molecular complexity index is 1840. The van der Waals surface area contributed by atoms with Gasteiger partial charge in [-0.15, -0.1) is 0 Å². The first-order valence-electron chi connectivity index (χ1n) is 15.6. The molecule has 1 saturated heterocycles. The molecule has 0 aliphatic carbocycles. The third-order valence-electron chi connectivity index (χ3n) is 8.96. The number of methoxy groups -OCH3 is 1. The van der Waals surface area contributed by atoms with Crippen LogP contribution in [0.1, 0.15) is 30.5 Å². The fourth-order valence-electron chi connectivity index (χ4n) is 6.57. The number of nitrogens with two attached hydrogens (primary N) is 1. The number of nitrogen functional groups attached to an aromatic ring is 1. The van der Waals surface area contributed by atoms with Crippen LogP contribution in [0.15, 0.2) is 65.5 Å². The molecule has 1 fully saturated rings. The summed E-state index contributed by atoms with van der Waals surface area (Å²) in [5.74, 6) is 0.972. The fourth-order valence-corrected chi connectivity index (χ4v) is 6.57. The van der Waals surface area contributed by atoms with Crippen molar-refractivity contribution in [1.82, 2.24) is 19.4 Å². The molecule has 12 heteroatoms. The van der Waals surface area contributed by atoms with E-state index in [1.54, 1.807) is 25.6 Å². The molecule has 3 aromatic heterocycles. The normalized spacial score (nSPS) is 17.9. The van der Waals surface area contributed by atoms with E-state index in [1.807, 2.05) is 29.3 Å². The van der Waals surface area contributed by atoms with Crippen molar-refractivity contribution in [2.45, 2.75) is 32.5 Å². The van der Waals surface area contributed by atoms with Crippen LogP contribution in [0.5, 0.6) is 11.6 Å². The van der Waals surface area contributed by atoms with E-state index in [2.05, 4.69) is 37.3 Å². The number of anilines is 3. The lowest BCUT2D eigenvalue weighted by Gasteiger charge is -2.36. The van der Waals surface area contributed by atoms with E-state index in [9.17, 15) is 4.79 Å². The highest BCUT2D eigenvalue weighted by molar-refractivity contribution is 5.92. The molecular weight excluding hydrogens is 589 g/mol. The van der Waals surface area contributed by atoms with Gasteiger partial charge in [0.15, 0.2) is 17.0 Å². The second kappa shape index (κ2) is 12.5. The van der Waals surface area contributed by atoms with Crippen molar-refractivity contribution in [1.29, 1.82) is 0 Å². The average Bonchev–Trinajstić information content (AvgIpc) is 3.08. The molecule has 1 unspecified atom stereocenters. The zero-order chi connectivity index (χ0) is 31.8. The van der Waals surface area contributed by atoms with Crippen molar-refractivity contribution in [2.75, 3.05) is 68.6 Å². The van der Waals surface area contributed by atoms with Crippen LogP contribution >= 0.6 is 0 Å². The van der Waals surface area contributed by atoms with Gasteiger partial charge in [0, 0.05) is 62.4 Å². The van der Waals surface area contributed by atoms with Gasteiger partial charge in [0.05, 0.1) is 55.7 Å². The van der Waals surface area contributed by atoms with Crippen molar-refractivity contribution in [3.63, 3.8) is 0 Å². The largest absolute Gasteiger partial charge is 0.487 e. The summed E-state index contributed by atoms with van der Waals surface area (Å²) in [6, 6.07) is 8.98. The third kappa shape index (κ3) is 5.68. The van der Waals surface area contributed by atoms with E-state index < -0.39 is 5.82 Å². The van der Waals surface area contributed by atoms with E-state index in [4.69, 9.17) is 19.9 Å². The molecule has 0 bridgehead atoms. The van der Waals surface area contributed by atoms with E-state index in [1.165, 1.54) is 6.07 Å². The second-order valence-electron chi connectivity index (χ2n) is 12.0. The summed E-state index contributed by atoms with van der Waals surface area (Å²) in [6.07, 6.45) is 8.50. The first kappa shape index (κ1) is 29.8. The number of hydrogen-bond donors (Lipinski definition) is 1. The number of rotatable bonds is 8. The molecule has 0 amide bonds. The van der Waals surface area contributed by atoms with Gasteiger partial charge in [-0.05, 0) is 43.2 Å². The molecule has 1 atom stereocenters. The van der Waals surface area contributed by atoms with Crippen molar-refractivity contribution in [2.24, 2.45) is 0 Å². The zero-order valence-electron chi connectivity index (χ0n) is 26.1. The topological polar surface area (TPSA) is 111 Å². The van der Waals surface area contributed by atoms with Crippen molar-refractivity contribution < 1.29 is 18.6 Å². The van der Waals surface area contributed by atoms with Crippen LogP contribution in [-0.4, -0.2) is 72.5 Å². The van der Waals surface area contributed by atoms with E-state index in [0.717, 1.165) is 29.9 Å². The summed E-state index contributed by atoms with van der Waals surface area (Å²) < 4.78 is 35.0. The van der Waals surface area contributed by atoms with Gasteiger partial charge in [0.25, 0.3) is 0 Å². The van der Waals surface area contributed by atoms with Crippen LogP contribution in [0.25, 0.3) is 10.9 Å². The smallest absolute Gasteiger partial charge is 0.213 e. The van der Waals surface area contributed by atoms with Gasteiger partial charge in [0.2, 0.25) is 5.88 Å². The highest BCUT2D eigenvalue weighted by Gasteiger charge is 2.30. The molecule has 6 heterocycles. The maximum atomic E-state index is 15.9. The van der Waals surface area contributed by atoms with Gasteiger partial charge < -0.3 is 39.2 Å². The molecule has 1 aromatic carbocycles. The Morgan fingerprint density at radius 1 is 1.11 bits per heavy atom. The molecule has 0 saturated carbocycles. The standard InChI is InChI=1S/C34H38FN7O4/c1-22-21-46-34-31-27(15-28(35)32(34)39-10-12-45-13-11-39)33(43)24(19-42(22)31)18-41(17-23-7-8-37-30(14-23)44-2)26-4-3-9-40(20-26)25-5-6-29(36)38-16-25/h4-8,14-16,19,22H,3,9-13,17-18,20-21H2,1-2H3,(H2,36,38). The van der Waals surface area contributed by atoms with Crippen molar-refractivity contribution in [3.05, 3.63) is 87.9 Å². The van der Waals surface area contributed by atoms with Crippen LogP contribution in [0.3, 0.4) is 0 Å². The lowest BCUT2D eigenvalue weighted by molar-refractivity contribution is 0.122. The molecule has 240 valence electrons. The Kier molecular flexibility index (Phi) is 8.12. The third-order valence-corrected chi connectivity index (χ3v) is 8.96. The minimum atomic E-state index is -0.455. The van der Waals surface area contributed by atoms with Gasteiger partial charge in [-0.1, -0.05) is 6.08 Å². The maximum absolute atomic E-state index is 15.9. The Morgan fingerprint density at radius 2 is 1.96 bits per heavy atom. The Balaban J connectivity index is 1.29. The van der Waals surface area contributed by atoms with Crippen molar-refractivity contribution >= 4 is 28.1 Å². The number of halogens is 1. The number of benzene rings is 1. The highest BCUT2D eigenvalue weighted by atomic mass is 19.1. The SMILES string of the molecule is COc1cc(CN(Cc2cn3c4c(c(N5CCOCC5)c(F)cc4c2=O)OCC3C)C2=CCCN(c3ccc(N)nc3)C2)ccn1. The van der Waals surface area contributed by atoms with Crippen LogP contribution in [0.2, 0.25) is 0 Å². The Labute approximate surface area is 266 Å². The number of aromatic nitrogens is 3. The number of morpholine rings is 1. The lowest BCUT2D eigenvalue weighted by atomic mass is 10.0. The van der Waals surface area contributed by atoms with E-state index >= 15 is 4.39 Å². The molecule has 3 aliphatic rings. The van der Waals surface area contributed by atoms with E-state index in [-0.39, 0.29) is 11.5 Å². The quantitative estimate of drug-likeness (QED) is 0.307. The van der Waals surface area contributed by atoms with E-state index in [0.29, 0.717) is 92.1 Å². The van der Waals surface area contributed by atoms with Gasteiger partial charge in [-0.3, -0.25) is 4.79 Å². The summed E-state index contributed by atoms with van der Waals surface area (Å²) in [7, 11) is 1.59. The lowest BCUT2D eigenvalue weighted by Crippen LogP contribution is -2.38. The first-order valence-corrected chi connectivity index (χ1v) is 15.6. The molecule has 46 heavy (non-hydrogen) atoms. The van der Waals surface area contributed by atoms with Crippen LogP contribution in [0, 0.1) is 5.82 Å². The van der Waals surface area contributed by atoms with Gasteiger partial charge in [0.1, 0.15) is 18.1 Å². The highest BCUT2D eigenvalue weighted by Crippen LogP contribution is 2.42. The maximum Gasteiger partial charge on any atom is 0.213 e. The number of hydrogen-bond acceptors (Lipinski definition) is 10. The monoisotopic (exact) mass is 627 g/mol. The van der Waals surface area contributed by atoms with Gasteiger partial charge >= 0.3 is 0 Å². The molecular formula is C34H38FN7O4. The van der Waals surface area contributed by atoms with Crippen LogP contribution in [-0.2, 0) is 17.8 Å². The van der Waals surface area contributed by atoms with Crippen LogP contribution in [0.4, 0.5) is 21.6 Å². The summed E-state index contributed by atoms with van der Waals surface area (Å²) in [5, 5.41) is 0.325. The Morgan fingerprint density at radius 3 is 2.74 bits per heavy atom. The van der Waals surface area contributed by atoms with Gasteiger partial charge in [-0.2, -0.15) is 0 Å². The summed E-state index contributed by atoms with van der Waals surface area (Å²) in [4.78, 5) is 29.2. The molecule has 4 aromatic rings. The summed E-state index contributed by atoms with van der Waals surface area (Å²) in [5.41, 5.74) is 10.3. The number of ether oxygens (including phenoxy) is 3. The first-order chi connectivity index (χ1) is 22.4. The predicted octanol–water partition coefficient (Wildman–Crippen LogP) is 4.11. The number of nitrogens with zero attached hydrogens (tertiary/aromatic N) is 6. The summed E-state index contributed by atoms with van der Waals surface area (Å²) in [6.45, 7) is 6.88. The Hall–Kier alpha value is -4.84. The summed E-state index contributed by atoms with van der Waals surface area (Å²) >= 11 is 0. The zero-order valence-corrected chi connectivity index (χ0v) is 26.1. The van der Waals surface area contributed by atoms with Crippen molar-refractivity contribution in [3.8, 4) is 11.6 Å².